The van der Waals surface area contributed by atoms with Crippen LogP contribution in [0.5, 0.6) is 0 Å². The zero-order valence-electron chi connectivity index (χ0n) is 11.6. The highest BCUT2D eigenvalue weighted by Gasteiger charge is 2.15. The van der Waals surface area contributed by atoms with Crippen molar-refractivity contribution >= 4 is 5.84 Å². The Balaban J connectivity index is 1.83. The van der Waals surface area contributed by atoms with Crippen molar-refractivity contribution in [3.8, 4) is 0 Å². The summed E-state index contributed by atoms with van der Waals surface area (Å²) in [6.07, 6.45) is 2.35. The molecule has 0 aliphatic carbocycles. The van der Waals surface area contributed by atoms with E-state index in [4.69, 9.17) is 15.9 Å². The van der Waals surface area contributed by atoms with E-state index < -0.39 is 0 Å². The van der Waals surface area contributed by atoms with Gasteiger partial charge in [0.1, 0.15) is 5.84 Å². The van der Waals surface area contributed by atoms with Crippen LogP contribution in [-0.2, 0) is 11.3 Å². The Hall–Kier alpha value is -1.39. The first kappa shape index (κ1) is 14.0. The van der Waals surface area contributed by atoms with Gasteiger partial charge in [-0.2, -0.15) is 0 Å². The van der Waals surface area contributed by atoms with Crippen LogP contribution in [0.1, 0.15) is 24.0 Å². The van der Waals surface area contributed by atoms with Crippen LogP contribution in [0.25, 0.3) is 0 Å². The van der Waals surface area contributed by atoms with Gasteiger partial charge in [0.25, 0.3) is 0 Å². The van der Waals surface area contributed by atoms with E-state index in [1.807, 2.05) is 12.1 Å². The molecule has 1 heterocycles. The predicted octanol–water partition coefficient (Wildman–Crippen LogP) is 1.83. The fourth-order valence-electron chi connectivity index (χ4n) is 2.54. The summed E-state index contributed by atoms with van der Waals surface area (Å²) in [6, 6.07) is 7.94. The number of rotatable bonds is 5. The van der Waals surface area contributed by atoms with Gasteiger partial charge < -0.3 is 15.4 Å². The normalized spacial score (nSPS) is 16.7. The molecule has 1 aliphatic heterocycles. The topological polar surface area (TPSA) is 62.3 Å². The molecule has 0 saturated carbocycles. The van der Waals surface area contributed by atoms with E-state index in [1.165, 1.54) is 18.4 Å². The lowest BCUT2D eigenvalue weighted by Crippen LogP contribution is -2.29. The molecule has 0 bridgehead atoms. The lowest BCUT2D eigenvalue weighted by atomic mass is 9.99. The maximum Gasteiger partial charge on any atom is 0.122 e. The van der Waals surface area contributed by atoms with Gasteiger partial charge in [0.15, 0.2) is 0 Å². The largest absolute Gasteiger partial charge is 0.384 e. The van der Waals surface area contributed by atoms with Gasteiger partial charge in [0, 0.05) is 31.9 Å². The van der Waals surface area contributed by atoms with Gasteiger partial charge in [0.05, 0.1) is 0 Å². The van der Waals surface area contributed by atoms with E-state index in [9.17, 15) is 0 Å². The van der Waals surface area contributed by atoms with Crippen molar-refractivity contribution in [2.24, 2.45) is 11.7 Å². The molecular weight excluding hydrogens is 238 g/mol. The summed E-state index contributed by atoms with van der Waals surface area (Å²) < 4.78 is 5.38. The molecule has 1 saturated heterocycles. The van der Waals surface area contributed by atoms with E-state index in [2.05, 4.69) is 24.1 Å². The zero-order chi connectivity index (χ0) is 13.7. The third-order valence-electron chi connectivity index (χ3n) is 3.63. The number of ether oxygens (including phenoxy) is 1. The van der Waals surface area contributed by atoms with E-state index >= 15 is 0 Å². The van der Waals surface area contributed by atoms with Crippen LogP contribution in [0.2, 0.25) is 0 Å². The second-order valence-electron chi connectivity index (χ2n) is 5.36. The monoisotopic (exact) mass is 261 g/mol. The van der Waals surface area contributed by atoms with Crippen molar-refractivity contribution in [3.63, 3.8) is 0 Å². The molecule has 2 rings (SSSR count). The zero-order valence-corrected chi connectivity index (χ0v) is 11.6. The Kier molecular flexibility index (Phi) is 4.93. The highest BCUT2D eigenvalue weighted by molar-refractivity contribution is 5.94. The van der Waals surface area contributed by atoms with Gasteiger partial charge >= 0.3 is 0 Å². The molecule has 1 fully saturated rings. The predicted molar refractivity (Wildman–Crippen MR) is 77.3 cm³/mol. The highest BCUT2D eigenvalue weighted by Crippen LogP contribution is 2.16. The first-order chi connectivity index (χ1) is 9.15. The molecular formula is C15H23N3O. The first-order valence-electron chi connectivity index (χ1n) is 6.85. The third kappa shape index (κ3) is 4.33. The maximum absolute atomic E-state index is 7.37. The summed E-state index contributed by atoms with van der Waals surface area (Å²) in [5.41, 5.74) is 7.50. The smallest absolute Gasteiger partial charge is 0.122 e. The maximum atomic E-state index is 7.37. The summed E-state index contributed by atoms with van der Waals surface area (Å²) in [5.74, 6) is 0.886. The number of nitrogens with zero attached hydrogens (tertiary/aromatic N) is 1. The number of hydrogen-bond acceptors (Lipinski definition) is 3. The fraction of sp³-hybridized carbons (Fsp3) is 0.533. The van der Waals surface area contributed by atoms with Crippen LogP contribution in [0.15, 0.2) is 24.3 Å². The minimum absolute atomic E-state index is 0.127. The molecule has 1 aliphatic rings. The van der Waals surface area contributed by atoms with Crippen molar-refractivity contribution in [3.05, 3.63) is 35.4 Å². The van der Waals surface area contributed by atoms with Gasteiger partial charge in [-0.1, -0.05) is 24.3 Å². The molecule has 0 amide bonds. The van der Waals surface area contributed by atoms with Crippen LogP contribution < -0.4 is 5.73 Å². The minimum Gasteiger partial charge on any atom is -0.384 e. The molecule has 19 heavy (non-hydrogen) atoms. The average Bonchev–Trinajstić information content (AvgIpc) is 2.40. The molecule has 104 valence electrons. The number of amidine groups is 1. The minimum atomic E-state index is 0.127. The van der Waals surface area contributed by atoms with Crippen molar-refractivity contribution in [2.75, 3.05) is 26.8 Å². The molecule has 0 unspecified atom stereocenters. The van der Waals surface area contributed by atoms with Gasteiger partial charge in [0.2, 0.25) is 0 Å². The van der Waals surface area contributed by atoms with Gasteiger partial charge in [-0.3, -0.25) is 5.41 Å². The quantitative estimate of drug-likeness (QED) is 0.628. The van der Waals surface area contributed by atoms with Crippen LogP contribution in [-0.4, -0.2) is 37.5 Å². The third-order valence-corrected chi connectivity index (χ3v) is 3.63. The summed E-state index contributed by atoms with van der Waals surface area (Å²) >= 11 is 0. The number of nitrogen functional groups attached to an aromatic ring is 1. The molecule has 1 aromatic carbocycles. The van der Waals surface area contributed by atoms with Crippen LogP contribution in [0.4, 0.5) is 0 Å². The Morgan fingerprint density at radius 3 is 2.53 bits per heavy atom. The standard InChI is InChI=1S/C15H23N3O/c1-18(11-13-6-8-19-9-7-13)10-12-2-4-14(5-3-12)15(16)17/h2-5,13H,6-11H2,1H3,(H3,16,17). The molecule has 0 radical (unpaired) electrons. The average molecular weight is 261 g/mol. The van der Waals surface area contributed by atoms with Gasteiger partial charge in [-0.15, -0.1) is 0 Å². The summed E-state index contributed by atoms with van der Waals surface area (Å²) in [6.45, 7) is 3.88. The Bertz CT molecular complexity index is 410. The van der Waals surface area contributed by atoms with Crippen LogP contribution >= 0.6 is 0 Å². The number of hydrogen-bond donors (Lipinski definition) is 2. The Morgan fingerprint density at radius 2 is 1.95 bits per heavy atom. The first-order valence-corrected chi connectivity index (χ1v) is 6.85. The molecule has 4 nitrogen and oxygen atoms in total. The lowest BCUT2D eigenvalue weighted by molar-refractivity contribution is 0.0549. The Labute approximate surface area is 115 Å². The fourth-order valence-corrected chi connectivity index (χ4v) is 2.54. The van der Waals surface area contributed by atoms with Crippen molar-refractivity contribution < 1.29 is 4.74 Å². The van der Waals surface area contributed by atoms with Crippen molar-refractivity contribution in [1.29, 1.82) is 5.41 Å². The number of nitrogens with two attached hydrogens (primary N) is 1. The van der Waals surface area contributed by atoms with Crippen LogP contribution in [0, 0.1) is 11.3 Å². The SMILES string of the molecule is CN(Cc1ccc(C(=N)N)cc1)CC1CCOCC1. The molecule has 1 aromatic rings. The van der Waals surface area contributed by atoms with Gasteiger partial charge in [-0.05, 0) is 31.4 Å². The number of nitrogens with one attached hydrogen (secondary N) is 1. The number of benzene rings is 1. The molecule has 0 atom stereocenters. The molecule has 0 spiro atoms. The second kappa shape index (κ2) is 6.68. The molecule has 0 aromatic heterocycles. The van der Waals surface area contributed by atoms with Crippen LogP contribution in [0.3, 0.4) is 0 Å². The van der Waals surface area contributed by atoms with E-state index in [-0.39, 0.29) is 5.84 Å². The Morgan fingerprint density at radius 1 is 1.32 bits per heavy atom. The second-order valence-corrected chi connectivity index (χ2v) is 5.36. The molecule has 4 heteroatoms. The highest BCUT2D eigenvalue weighted by atomic mass is 16.5. The van der Waals surface area contributed by atoms with E-state index in [0.717, 1.165) is 37.8 Å². The van der Waals surface area contributed by atoms with Crippen molar-refractivity contribution in [2.45, 2.75) is 19.4 Å². The lowest BCUT2D eigenvalue weighted by Gasteiger charge is -2.27. The van der Waals surface area contributed by atoms with E-state index in [1.54, 1.807) is 0 Å². The molecule has 3 N–H and O–H groups in total. The van der Waals surface area contributed by atoms with Gasteiger partial charge in [-0.25, -0.2) is 0 Å². The van der Waals surface area contributed by atoms with Crippen molar-refractivity contribution in [1.82, 2.24) is 4.90 Å². The summed E-state index contributed by atoms with van der Waals surface area (Å²) in [5, 5.41) is 7.37. The summed E-state index contributed by atoms with van der Waals surface area (Å²) in [4.78, 5) is 2.36. The van der Waals surface area contributed by atoms with E-state index in [0.29, 0.717) is 0 Å². The summed E-state index contributed by atoms with van der Waals surface area (Å²) in [7, 11) is 2.16.